The number of benzene rings is 2. The summed E-state index contributed by atoms with van der Waals surface area (Å²) in [7, 11) is 0. The molecule has 4 heteroatoms. The van der Waals surface area contributed by atoms with Crippen LogP contribution >= 0.6 is 0 Å². The molecule has 3 rings (SSSR count). The first-order valence-corrected chi connectivity index (χ1v) is 8.47. The maximum atomic E-state index is 12.5. The van der Waals surface area contributed by atoms with Gasteiger partial charge in [-0.1, -0.05) is 60.7 Å². The zero-order valence-electron chi connectivity index (χ0n) is 14.0. The standard InChI is InChI=1S/C20H24N2O2/c1-16-14-22(20(23)21-13-18-10-6-3-7-11-18)15-19(24-16)12-17-8-4-2-5-9-17/h2-11,16,19H,12-15H2,1H3,(H,21,23). The molecule has 0 radical (unpaired) electrons. The summed E-state index contributed by atoms with van der Waals surface area (Å²) in [6.45, 7) is 3.83. The van der Waals surface area contributed by atoms with E-state index in [0.717, 1.165) is 12.0 Å². The molecule has 0 aliphatic carbocycles. The predicted octanol–water partition coefficient (Wildman–Crippen LogP) is 3.23. The number of carbonyl (C=O) groups is 1. The quantitative estimate of drug-likeness (QED) is 0.938. The molecule has 0 spiro atoms. The molecule has 0 saturated carbocycles. The van der Waals surface area contributed by atoms with Gasteiger partial charge in [0.15, 0.2) is 0 Å². The first-order chi connectivity index (χ1) is 11.7. The molecule has 0 bridgehead atoms. The van der Waals surface area contributed by atoms with Gasteiger partial charge in [0.25, 0.3) is 0 Å². The molecule has 1 saturated heterocycles. The third-order valence-corrected chi connectivity index (χ3v) is 4.21. The molecule has 0 aromatic heterocycles. The average Bonchev–Trinajstić information content (AvgIpc) is 2.61. The number of hydrogen-bond acceptors (Lipinski definition) is 2. The molecule has 1 aliphatic heterocycles. The number of rotatable bonds is 4. The molecular formula is C20H24N2O2. The minimum Gasteiger partial charge on any atom is -0.371 e. The Balaban J connectivity index is 1.55. The number of nitrogens with zero attached hydrogens (tertiary/aromatic N) is 1. The van der Waals surface area contributed by atoms with E-state index in [1.54, 1.807) is 0 Å². The van der Waals surface area contributed by atoms with Gasteiger partial charge in [-0.2, -0.15) is 0 Å². The van der Waals surface area contributed by atoms with E-state index < -0.39 is 0 Å². The Hall–Kier alpha value is -2.33. The normalized spacial score (nSPS) is 20.6. The Morgan fingerprint density at radius 1 is 1.04 bits per heavy atom. The molecule has 2 atom stereocenters. The lowest BCUT2D eigenvalue weighted by Crippen LogP contribution is -2.52. The first kappa shape index (κ1) is 16.5. The third kappa shape index (κ3) is 4.59. The Labute approximate surface area is 143 Å². The van der Waals surface area contributed by atoms with E-state index in [1.165, 1.54) is 5.56 Å². The molecule has 24 heavy (non-hydrogen) atoms. The monoisotopic (exact) mass is 324 g/mol. The van der Waals surface area contributed by atoms with E-state index in [9.17, 15) is 4.79 Å². The van der Waals surface area contributed by atoms with Gasteiger partial charge in [-0.15, -0.1) is 0 Å². The highest BCUT2D eigenvalue weighted by atomic mass is 16.5. The number of morpholine rings is 1. The van der Waals surface area contributed by atoms with E-state index in [-0.39, 0.29) is 18.2 Å². The fourth-order valence-electron chi connectivity index (χ4n) is 3.09. The highest BCUT2D eigenvalue weighted by Gasteiger charge is 2.28. The Bertz CT molecular complexity index is 645. The van der Waals surface area contributed by atoms with Crippen molar-refractivity contribution >= 4 is 6.03 Å². The van der Waals surface area contributed by atoms with Crippen molar-refractivity contribution < 1.29 is 9.53 Å². The summed E-state index contributed by atoms with van der Waals surface area (Å²) in [5.74, 6) is 0. The Morgan fingerprint density at radius 3 is 2.33 bits per heavy atom. The summed E-state index contributed by atoms with van der Waals surface area (Å²) in [5.41, 5.74) is 2.34. The molecule has 1 N–H and O–H groups in total. The van der Waals surface area contributed by atoms with E-state index in [4.69, 9.17) is 4.74 Å². The Kier molecular flexibility index (Phi) is 5.49. The maximum Gasteiger partial charge on any atom is 0.317 e. The largest absolute Gasteiger partial charge is 0.371 e. The highest BCUT2D eigenvalue weighted by molar-refractivity contribution is 5.74. The average molecular weight is 324 g/mol. The van der Waals surface area contributed by atoms with Gasteiger partial charge in [-0.25, -0.2) is 4.79 Å². The van der Waals surface area contributed by atoms with Crippen molar-refractivity contribution in [1.82, 2.24) is 10.2 Å². The zero-order valence-corrected chi connectivity index (χ0v) is 14.0. The van der Waals surface area contributed by atoms with Crippen LogP contribution in [0.2, 0.25) is 0 Å². The van der Waals surface area contributed by atoms with Crippen LogP contribution in [0, 0.1) is 0 Å². The lowest BCUT2D eigenvalue weighted by molar-refractivity contribution is -0.0628. The highest BCUT2D eigenvalue weighted by Crippen LogP contribution is 2.16. The lowest BCUT2D eigenvalue weighted by Gasteiger charge is -2.37. The van der Waals surface area contributed by atoms with Gasteiger partial charge in [-0.05, 0) is 18.1 Å². The minimum absolute atomic E-state index is 0.0212. The van der Waals surface area contributed by atoms with Crippen molar-refractivity contribution in [2.24, 2.45) is 0 Å². The van der Waals surface area contributed by atoms with Gasteiger partial charge >= 0.3 is 6.03 Å². The number of carbonyl (C=O) groups excluding carboxylic acids is 1. The lowest BCUT2D eigenvalue weighted by atomic mass is 10.1. The van der Waals surface area contributed by atoms with Crippen LogP contribution in [-0.4, -0.2) is 36.2 Å². The number of hydrogen-bond donors (Lipinski definition) is 1. The van der Waals surface area contributed by atoms with Crippen molar-refractivity contribution in [3.63, 3.8) is 0 Å². The molecule has 126 valence electrons. The molecule has 1 aliphatic rings. The topological polar surface area (TPSA) is 41.6 Å². The van der Waals surface area contributed by atoms with Crippen molar-refractivity contribution in [3.05, 3.63) is 71.8 Å². The summed E-state index contributed by atoms with van der Waals surface area (Å²) in [4.78, 5) is 14.3. The number of amides is 2. The maximum absolute atomic E-state index is 12.5. The number of ether oxygens (including phenoxy) is 1. The molecular weight excluding hydrogens is 300 g/mol. The molecule has 2 aromatic rings. The van der Waals surface area contributed by atoms with Crippen molar-refractivity contribution in [2.75, 3.05) is 13.1 Å². The number of urea groups is 1. The van der Waals surface area contributed by atoms with E-state index >= 15 is 0 Å². The summed E-state index contributed by atoms with van der Waals surface area (Å²) >= 11 is 0. The predicted molar refractivity (Wildman–Crippen MR) is 94.7 cm³/mol. The van der Waals surface area contributed by atoms with E-state index in [0.29, 0.717) is 19.6 Å². The van der Waals surface area contributed by atoms with Crippen LogP contribution in [0.25, 0.3) is 0 Å². The fraction of sp³-hybridized carbons (Fsp3) is 0.350. The second-order valence-corrected chi connectivity index (χ2v) is 6.31. The Morgan fingerprint density at radius 2 is 1.67 bits per heavy atom. The number of nitrogens with one attached hydrogen (secondary N) is 1. The SMILES string of the molecule is CC1CN(C(=O)NCc2ccccc2)CC(Cc2ccccc2)O1. The summed E-state index contributed by atoms with van der Waals surface area (Å²) in [5, 5.41) is 3.01. The molecule has 1 fully saturated rings. The second kappa shape index (κ2) is 7.97. The van der Waals surface area contributed by atoms with Crippen molar-refractivity contribution in [1.29, 1.82) is 0 Å². The van der Waals surface area contributed by atoms with Gasteiger partial charge < -0.3 is 15.0 Å². The van der Waals surface area contributed by atoms with Crippen LogP contribution in [0.3, 0.4) is 0 Å². The van der Waals surface area contributed by atoms with Crippen LogP contribution < -0.4 is 5.32 Å². The summed E-state index contributed by atoms with van der Waals surface area (Å²) in [6, 6.07) is 20.2. The van der Waals surface area contributed by atoms with Crippen LogP contribution in [0.1, 0.15) is 18.1 Å². The molecule has 2 amide bonds. The third-order valence-electron chi connectivity index (χ3n) is 4.21. The molecule has 1 heterocycles. The van der Waals surface area contributed by atoms with Gasteiger partial charge in [0.2, 0.25) is 0 Å². The first-order valence-electron chi connectivity index (χ1n) is 8.47. The van der Waals surface area contributed by atoms with Crippen LogP contribution in [-0.2, 0) is 17.7 Å². The summed E-state index contributed by atoms with van der Waals surface area (Å²) in [6.07, 6.45) is 0.918. The zero-order chi connectivity index (χ0) is 16.8. The molecule has 2 aromatic carbocycles. The fourth-order valence-corrected chi connectivity index (χ4v) is 3.09. The van der Waals surface area contributed by atoms with Gasteiger partial charge in [0, 0.05) is 26.1 Å². The van der Waals surface area contributed by atoms with Gasteiger partial charge in [-0.3, -0.25) is 0 Å². The summed E-state index contributed by atoms with van der Waals surface area (Å²) < 4.78 is 6.01. The van der Waals surface area contributed by atoms with Crippen LogP contribution in [0.4, 0.5) is 4.79 Å². The van der Waals surface area contributed by atoms with Crippen molar-refractivity contribution in [3.8, 4) is 0 Å². The van der Waals surface area contributed by atoms with Crippen LogP contribution in [0.15, 0.2) is 60.7 Å². The smallest absolute Gasteiger partial charge is 0.317 e. The second-order valence-electron chi connectivity index (χ2n) is 6.31. The van der Waals surface area contributed by atoms with Gasteiger partial charge in [0.05, 0.1) is 12.2 Å². The van der Waals surface area contributed by atoms with E-state index in [2.05, 4.69) is 17.4 Å². The molecule has 4 nitrogen and oxygen atoms in total. The van der Waals surface area contributed by atoms with Crippen molar-refractivity contribution in [2.45, 2.75) is 32.1 Å². The van der Waals surface area contributed by atoms with Gasteiger partial charge in [0.1, 0.15) is 0 Å². The minimum atomic E-state index is -0.0212. The van der Waals surface area contributed by atoms with E-state index in [1.807, 2.05) is 60.4 Å². The molecule has 2 unspecified atom stereocenters. The van der Waals surface area contributed by atoms with Crippen LogP contribution in [0.5, 0.6) is 0 Å².